The molecule has 27 heavy (non-hydrogen) atoms. The summed E-state index contributed by atoms with van der Waals surface area (Å²) in [6.07, 6.45) is 4.00. The van der Waals surface area contributed by atoms with Crippen molar-refractivity contribution in [3.63, 3.8) is 0 Å². The van der Waals surface area contributed by atoms with E-state index in [1.807, 2.05) is 12.1 Å². The van der Waals surface area contributed by atoms with Crippen LogP contribution in [0.4, 0.5) is 0 Å². The van der Waals surface area contributed by atoms with Crippen molar-refractivity contribution < 1.29 is 19.4 Å². The standard InChI is InChI=1S/C22H25NO4/c1-3-4-7-12-27-20-13-15-10-11-23-21(17(15)14-19(20)26-2)22(25)16-8-5-6-9-18(16)24/h5-6,8-9,13-14,24H,3-4,7,10-12H2,1-2H3. The van der Waals surface area contributed by atoms with Gasteiger partial charge < -0.3 is 14.6 Å². The molecular formula is C22H25NO4. The van der Waals surface area contributed by atoms with Crippen LogP contribution in [-0.2, 0) is 6.42 Å². The van der Waals surface area contributed by atoms with Crippen LogP contribution in [0.15, 0.2) is 41.4 Å². The van der Waals surface area contributed by atoms with Crippen molar-refractivity contribution in [1.29, 1.82) is 0 Å². The predicted octanol–water partition coefficient (Wildman–Crippen LogP) is 4.20. The van der Waals surface area contributed by atoms with Crippen molar-refractivity contribution in [3.8, 4) is 17.2 Å². The van der Waals surface area contributed by atoms with E-state index in [2.05, 4.69) is 11.9 Å². The number of para-hydroxylation sites is 1. The second kappa shape index (κ2) is 8.71. The molecular weight excluding hydrogens is 342 g/mol. The number of ketones is 1. The van der Waals surface area contributed by atoms with E-state index in [1.54, 1.807) is 25.3 Å². The van der Waals surface area contributed by atoms with Gasteiger partial charge in [0.1, 0.15) is 11.5 Å². The van der Waals surface area contributed by atoms with E-state index < -0.39 is 0 Å². The van der Waals surface area contributed by atoms with E-state index >= 15 is 0 Å². The summed E-state index contributed by atoms with van der Waals surface area (Å²) in [4.78, 5) is 17.4. The van der Waals surface area contributed by atoms with Gasteiger partial charge in [-0.2, -0.15) is 0 Å². The SMILES string of the molecule is CCCCCOc1cc2c(cc1OC)C(C(=O)c1ccccc1O)=NCC2. The lowest BCUT2D eigenvalue weighted by Crippen LogP contribution is -2.22. The first kappa shape index (κ1) is 19.0. The molecule has 5 nitrogen and oxygen atoms in total. The van der Waals surface area contributed by atoms with E-state index in [4.69, 9.17) is 9.47 Å². The summed E-state index contributed by atoms with van der Waals surface area (Å²) in [7, 11) is 1.59. The molecule has 0 radical (unpaired) electrons. The second-order valence-electron chi connectivity index (χ2n) is 6.54. The average molecular weight is 367 g/mol. The lowest BCUT2D eigenvalue weighted by Gasteiger charge is -2.20. The van der Waals surface area contributed by atoms with Crippen LogP contribution in [-0.4, -0.2) is 36.9 Å². The summed E-state index contributed by atoms with van der Waals surface area (Å²) >= 11 is 0. The normalized spacial score (nSPS) is 12.9. The molecule has 0 fully saturated rings. The highest BCUT2D eigenvalue weighted by Crippen LogP contribution is 2.34. The molecule has 2 aromatic rings. The monoisotopic (exact) mass is 367 g/mol. The Hall–Kier alpha value is -2.82. The number of aliphatic imine (C=N–C) groups is 1. The largest absolute Gasteiger partial charge is 0.507 e. The Kier molecular flexibility index (Phi) is 6.12. The smallest absolute Gasteiger partial charge is 0.215 e. The molecule has 0 saturated heterocycles. The number of nitrogens with zero attached hydrogens (tertiary/aromatic N) is 1. The minimum Gasteiger partial charge on any atom is -0.507 e. The molecule has 0 aliphatic carbocycles. The van der Waals surface area contributed by atoms with Crippen LogP contribution >= 0.6 is 0 Å². The number of carbonyl (C=O) groups excluding carboxylic acids is 1. The molecule has 1 aliphatic heterocycles. The van der Waals surface area contributed by atoms with Crippen molar-refractivity contribution in [2.24, 2.45) is 4.99 Å². The Morgan fingerprint density at radius 1 is 1.19 bits per heavy atom. The Morgan fingerprint density at radius 3 is 2.74 bits per heavy atom. The number of aromatic hydroxyl groups is 1. The number of methoxy groups -OCH3 is 1. The van der Waals surface area contributed by atoms with Gasteiger partial charge in [-0.05, 0) is 42.7 Å². The van der Waals surface area contributed by atoms with Crippen molar-refractivity contribution in [1.82, 2.24) is 0 Å². The van der Waals surface area contributed by atoms with Gasteiger partial charge in [-0.25, -0.2) is 0 Å². The fraction of sp³-hybridized carbons (Fsp3) is 0.364. The van der Waals surface area contributed by atoms with Crippen LogP contribution in [0.3, 0.4) is 0 Å². The highest BCUT2D eigenvalue weighted by molar-refractivity contribution is 6.52. The fourth-order valence-corrected chi connectivity index (χ4v) is 3.20. The van der Waals surface area contributed by atoms with Crippen molar-refractivity contribution in [3.05, 3.63) is 53.1 Å². The third-order valence-electron chi connectivity index (χ3n) is 4.66. The number of unbranched alkanes of at least 4 members (excludes halogenated alkanes) is 2. The topological polar surface area (TPSA) is 68.1 Å². The molecule has 0 bridgehead atoms. The Morgan fingerprint density at radius 2 is 2.00 bits per heavy atom. The van der Waals surface area contributed by atoms with Gasteiger partial charge in [0.25, 0.3) is 0 Å². The molecule has 0 spiro atoms. The van der Waals surface area contributed by atoms with Crippen molar-refractivity contribution >= 4 is 11.5 Å². The summed E-state index contributed by atoms with van der Waals surface area (Å²) in [5.41, 5.74) is 2.36. The van der Waals surface area contributed by atoms with Gasteiger partial charge in [0.2, 0.25) is 5.78 Å². The van der Waals surface area contributed by atoms with Crippen LogP contribution < -0.4 is 9.47 Å². The molecule has 0 atom stereocenters. The van der Waals surface area contributed by atoms with Gasteiger partial charge in [0, 0.05) is 12.1 Å². The molecule has 0 amide bonds. The number of benzene rings is 2. The molecule has 2 aromatic carbocycles. The molecule has 1 heterocycles. The van der Waals surface area contributed by atoms with E-state index in [-0.39, 0.29) is 17.1 Å². The Labute approximate surface area is 159 Å². The number of carbonyl (C=O) groups is 1. The summed E-state index contributed by atoms with van der Waals surface area (Å²) < 4.78 is 11.4. The maximum absolute atomic E-state index is 12.9. The van der Waals surface area contributed by atoms with E-state index in [0.717, 1.165) is 36.8 Å². The maximum Gasteiger partial charge on any atom is 0.215 e. The number of ether oxygens (including phenoxy) is 2. The van der Waals surface area contributed by atoms with Crippen molar-refractivity contribution in [2.75, 3.05) is 20.3 Å². The van der Waals surface area contributed by atoms with Gasteiger partial charge >= 0.3 is 0 Å². The van der Waals surface area contributed by atoms with Gasteiger partial charge in [0.05, 0.1) is 19.3 Å². The number of fused-ring (bicyclic) bond motifs is 1. The summed E-state index contributed by atoms with van der Waals surface area (Å²) in [6.45, 7) is 3.33. The quantitative estimate of drug-likeness (QED) is 0.561. The molecule has 0 unspecified atom stereocenters. The van der Waals surface area contributed by atoms with Gasteiger partial charge in [-0.15, -0.1) is 0 Å². The lowest BCUT2D eigenvalue weighted by atomic mass is 9.92. The number of hydrogen-bond donors (Lipinski definition) is 1. The lowest BCUT2D eigenvalue weighted by molar-refractivity contribution is 0.106. The molecule has 1 N–H and O–H groups in total. The molecule has 5 heteroatoms. The van der Waals surface area contributed by atoms with Crippen LogP contribution in [0.1, 0.15) is 47.7 Å². The minimum atomic E-state index is -0.285. The summed E-state index contributed by atoms with van der Waals surface area (Å²) in [5, 5.41) is 10.0. The molecule has 0 saturated carbocycles. The molecule has 1 aliphatic rings. The van der Waals surface area contributed by atoms with Crippen LogP contribution in [0.2, 0.25) is 0 Å². The Balaban J connectivity index is 1.91. The van der Waals surface area contributed by atoms with Crippen LogP contribution in [0.5, 0.6) is 17.2 Å². The first-order valence-corrected chi connectivity index (χ1v) is 9.37. The van der Waals surface area contributed by atoms with Gasteiger partial charge in [-0.3, -0.25) is 9.79 Å². The van der Waals surface area contributed by atoms with E-state index in [9.17, 15) is 9.90 Å². The second-order valence-corrected chi connectivity index (χ2v) is 6.54. The number of Topliss-reactive ketones (excluding diaryl/α,β-unsaturated/α-hetero) is 1. The maximum atomic E-state index is 12.9. The molecule has 142 valence electrons. The van der Waals surface area contributed by atoms with E-state index in [0.29, 0.717) is 30.4 Å². The zero-order valence-electron chi connectivity index (χ0n) is 15.8. The number of phenolic OH excluding ortho intramolecular Hbond substituents is 1. The minimum absolute atomic E-state index is 0.0415. The summed E-state index contributed by atoms with van der Waals surface area (Å²) in [5.74, 6) is 0.960. The Bertz CT molecular complexity index is 857. The summed E-state index contributed by atoms with van der Waals surface area (Å²) in [6, 6.07) is 10.3. The van der Waals surface area contributed by atoms with Crippen LogP contribution in [0.25, 0.3) is 0 Å². The first-order valence-electron chi connectivity index (χ1n) is 9.37. The predicted molar refractivity (Wildman–Crippen MR) is 106 cm³/mol. The average Bonchev–Trinajstić information content (AvgIpc) is 2.70. The highest BCUT2D eigenvalue weighted by atomic mass is 16.5. The molecule has 0 aromatic heterocycles. The number of rotatable bonds is 8. The van der Waals surface area contributed by atoms with Crippen LogP contribution in [0, 0.1) is 0 Å². The van der Waals surface area contributed by atoms with Gasteiger partial charge in [-0.1, -0.05) is 31.9 Å². The highest BCUT2D eigenvalue weighted by Gasteiger charge is 2.25. The third kappa shape index (κ3) is 4.13. The molecule has 3 rings (SSSR count). The zero-order chi connectivity index (χ0) is 19.2. The number of phenols is 1. The third-order valence-corrected chi connectivity index (χ3v) is 4.66. The van der Waals surface area contributed by atoms with Crippen molar-refractivity contribution in [2.45, 2.75) is 32.6 Å². The fourth-order valence-electron chi connectivity index (χ4n) is 3.20. The zero-order valence-corrected chi connectivity index (χ0v) is 15.8. The first-order chi connectivity index (χ1) is 13.2. The number of hydrogen-bond acceptors (Lipinski definition) is 5. The van der Waals surface area contributed by atoms with Gasteiger partial charge in [0.15, 0.2) is 11.5 Å². The van der Waals surface area contributed by atoms with E-state index in [1.165, 1.54) is 6.07 Å².